The molecule has 9 heteroatoms. The highest BCUT2D eigenvalue weighted by Crippen LogP contribution is 2.30. The zero-order valence-electron chi connectivity index (χ0n) is 12.7. The smallest absolute Gasteiger partial charge is 0.282 e. The molecule has 0 aromatic carbocycles. The molecule has 0 radical (unpaired) electrons. The Hall–Kier alpha value is -2.32. The van der Waals surface area contributed by atoms with Crippen LogP contribution in [0.15, 0.2) is 15.3 Å². The number of halogens is 1. The fourth-order valence-electron chi connectivity index (χ4n) is 2.71. The standard InChI is InChI=1S/C14H14N6O2.ClH/c1-7-11(10-3-4-15-5-9(10)6-16-7)13-17-14(21-20-13)12-8(2)18-22-19-12;/h6,15H,3-5H2,1-2H3;1H. The van der Waals surface area contributed by atoms with Crippen LogP contribution in [0.5, 0.6) is 0 Å². The molecule has 8 nitrogen and oxygen atoms in total. The summed E-state index contributed by atoms with van der Waals surface area (Å²) in [7, 11) is 0. The van der Waals surface area contributed by atoms with Crippen molar-refractivity contribution in [3.63, 3.8) is 0 Å². The van der Waals surface area contributed by atoms with Crippen LogP contribution in [0, 0.1) is 13.8 Å². The number of nitrogens with one attached hydrogen (secondary N) is 1. The van der Waals surface area contributed by atoms with Gasteiger partial charge in [-0.1, -0.05) is 10.3 Å². The molecule has 0 atom stereocenters. The Morgan fingerprint density at radius 2 is 2.00 bits per heavy atom. The molecule has 0 spiro atoms. The lowest BCUT2D eigenvalue weighted by molar-refractivity contribution is 0.304. The molecule has 0 bridgehead atoms. The van der Waals surface area contributed by atoms with Gasteiger partial charge < -0.3 is 9.84 Å². The molecule has 4 heterocycles. The van der Waals surface area contributed by atoms with Gasteiger partial charge in [0.2, 0.25) is 5.82 Å². The van der Waals surface area contributed by atoms with E-state index in [0.717, 1.165) is 30.8 Å². The molecular formula is C14H15ClN6O2. The predicted octanol–water partition coefficient (Wildman–Crippen LogP) is 1.87. The first-order chi connectivity index (χ1) is 10.7. The summed E-state index contributed by atoms with van der Waals surface area (Å²) < 4.78 is 10.0. The lowest BCUT2D eigenvalue weighted by Crippen LogP contribution is -2.24. The van der Waals surface area contributed by atoms with Crippen molar-refractivity contribution in [3.05, 3.63) is 28.7 Å². The maximum Gasteiger partial charge on any atom is 0.282 e. The summed E-state index contributed by atoms with van der Waals surface area (Å²) in [6.45, 7) is 5.47. The van der Waals surface area contributed by atoms with Crippen molar-refractivity contribution in [3.8, 4) is 23.0 Å². The van der Waals surface area contributed by atoms with Gasteiger partial charge in [0, 0.05) is 24.0 Å². The summed E-state index contributed by atoms with van der Waals surface area (Å²) in [6.07, 6.45) is 2.83. The molecular weight excluding hydrogens is 320 g/mol. The Labute approximate surface area is 138 Å². The Bertz CT molecular complexity index is 844. The lowest BCUT2D eigenvalue weighted by atomic mass is 9.95. The van der Waals surface area contributed by atoms with E-state index in [9.17, 15) is 0 Å². The molecule has 3 aromatic rings. The van der Waals surface area contributed by atoms with Gasteiger partial charge in [-0.3, -0.25) is 4.98 Å². The number of aromatic nitrogens is 5. The zero-order chi connectivity index (χ0) is 15.1. The van der Waals surface area contributed by atoms with Crippen molar-refractivity contribution in [2.45, 2.75) is 26.8 Å². The Balaban J connectivity index is 0.00000156. The average molecular weight is 335 g/mol. The number of pyridine rings is 1. The first-order valence-corrected chi connectivity index (χ1v) is 7.05. The van der Waals surface area contributed by atoms with Crippen molar-refractivity contribution in [1.82, 2.24) is 30.8 Å². The topological polar surface area (TPSA) is 103 Å². The third-order valence-corrected chi connectivity index (χ3v) is 3.84. The minimum atomic E-state index is 0. The number of aryl methyl sites for hydroxylation is 2. The van der Waals surface area contributed by atoms with Crippen LogP contribution in [0.2, 0.25) is 0 Å². The first-order valence-electron chi connectivity index (χ1n) is 7.05. The third kappa shape index (κ3) is 2.60. The predicted molar refractivity (Wildman–Crippen MR) is 83.0 cm³/mol. The van der Waals surface area contributed by atoms with Gasteiger partial charge >= 0.3 is 0 Å². The Morgan fingerprint density at radius 1 is 1.13 bits per heavy atom. The maximum atomic E-state index is 5.32. The molecule has 0 fully saturated rings. The van der Waals surface area contributed by atoms with Crippen molar-refractivity contribution >= 4 is 12.4 Å². The van der Waals surface area contributed by atoms with E-state index in [2.05, 4.69) is 35.4 Å². The Kier molecular flexibility index (Phi) is 4.10. The van der Waals surface area contributed by atoms with E-state index in [0.29, 0.717) is 23.1 Å². The highest BCUT2D eigenvalue weighted by Gasteiger charge is 2.23. The van der Waals surface area contributed by atoms with E-state index >= 15 is 0 Å². The number of hydrogen-bond acceptors (Lipinski definition) is 8. The molecule has 0 saturated heterocycles. The van der Waals surface area contributed by atoms with E-state index in [1.165, 1.54) is 11.1 Å². The summed E-state index contributed by atoms with van der Waals surface area (Å²) in [5.74, 6) is 0.834. The van der Waals surface area contributed by atoms with Crippen LogP contribution in [0.25, 0.3) is 23.0 Å². The van der Waals surface area contributed by atoms with Crippen LogP contribution in [-0.2, 0) is 13.0 Å². The highest BCUT2D eigenvalue weighted by atomic mass is 35.5. The molecule has 120 valence electrons. The van der Waals surface area contributed by atoms with Gasteiger partial charge in [-0.05, 0) is 43.1 Å². The zero-order valence-corrected chi connectivity index (χ0v) is 13.5. The first kappa shape index (κ1) is 15.6. The molecule has 0 amide bonds. The van der Waals surface area contributed by atoms with Gasteiger partial charge in [0.25, 0.3) is 5.89 Å². The summed E-state index contributed by atoms with van der Waals surface area (Å²) in [4.78, 5) is 8.90. The summed E-state index contributed by atoms with van der Waals surface area (Å²) in [5, 5.41) is 15.0. The molecule has 0 aliphatic carbocycles. The van der Waals surface area contributed by atoms with E-state index in [-0.39, 0.29) is 12.4 Å². The summed E-state index contributed by atoms with van der Waals surface area (Å²) in [6, 6.07) is 0. The third-order valence-electron chi connectivity index (χ3n) is 3.84. The lowest BCUT2D eigenvalue weighted by Gasteiger charge is -2.19. The van der Waals surface area contributed by atoms with E-state index in [4.69, 9.17) is 4.52 Å². The second-order valence-electron chi connectivity index (χ2n) is 5.27. The number of nitrogens with zero attached hydrogens (tertiary/aromatic N) is 5. The number of rotatable bonds is 2. The average Bonchev–Trinajstić information content (AvgIpc) is 3.16. The summed E-state index contributed by atoms with van der Waals surface area (Å²) in [5.41, 5.74) is 5.33. The number of hydrogen-bond donors (Lipinski definition) is 1. The second kappa shape index (κ2) is 6.05. The maximum absolute atomic E-state index is 5.32. The SMILES string of the molecule is Cc1nonc1-c1nc(-c2c(C)ncc3c2CCNC3)no1.Cl. The van der Waals surface area contributed by atoms with Gasteiger partial charge in [-0.25, -0.2) is 4.63 Å². The van der Waals surface area contributed by atoms with E-state index in [1.807, 2.05) is 13.1 Å². The van der Waals surface area contributed by atoms with Crippen molar-refractivity contribution in [2.24, 2.45) is 0 Å². The van der Waals surface area contributed by atoms with Gasteiger partial charge in [0.05, 0.1) is 0 Å². The molecule has 0 unspecified atom stereocenters. The molecule has 4 rings (SSSR count). The Morgan fingerprint density at radius 3 is 2.78 bits per heavy atom. The van der Waals surface area contributed by atoms with Crippen LogP contribution in [0.1, 0.15) is 22.5 Å². The molecule has 3 aromatic heterocycles. The highest BCUT2D eigenvalue weighted by molar-refractivity contribution is 5.85. The van der Waals surface area contributed by atoms with Crippen molar-refractivity contribution < 1.29 is 9.15 Å². The quantitative estimate of drug-likeness (QED) is 0.757. The fourth-order valence-corrected chi connectivity index (χ4v) is 2.71. The normalized spacial score (nSPS) is 13.5. The van der Waals surface area contributed by atoms with Crippen LogP contribution in [0.4, 0.5) is 0 Å². The van der Waals surface area contributed by atoms with Crippen LogP contribution < -0.4 is 5.32 Å². The minimum Gasteiger partial charge on any atom is -0.332 e. The molecule has 23 heavy (non-hydrogen) atoms. The number of fused-ring (bicyclic) bond motifs is 1. The van der Waals surface area contributed by atoms with Crippen LogP contribution in [-0.4, -0.2) is 32.0 Å². The van der Waals surface area contributed by atoms with Crippen molar-refractivity contribution in [1.29, 1.82) is 0 Å². The molecule has 1 N–H and O–H groups in total. The van der Waals surface area contributed by atoms with Gasteiger partial charge in [0.15, 0.2) is 5.69 Å². The van der Waals surface area contributed by atoms with Crippen LogP contribution in [0.3, 0.4) is 0 Å². The summed E-state index contributed by atoms with van der Waals surface area (Å²) >= 11 is 0. The second-order valence-corrected chi connectivity index (χ2v) is 5.27. The molecule has 0 saturated carbocycles. The fraction of sp³-hybridized carbons (Fsp3) is 0.357. The minimum absolute atomic E-state index is 0. The monoisotopic (exact) mass is 334 g/mol. The van der Waals surface area contributed by atoms with Crippen LogP contribution >= 0.6 is 12.4 Å². The molecule has 1 aliphatic heterocycles. The van der Waals surface area contributed by atoms with Crippen molar-refractivity contribution in [2.75, 3.05) is 6.54 Å². The van der Waals surface area contributed by atoms with Gasteiger partial charge in [-0.2, -0.15) is 4.98 Å². The van der Waals surface area contributed by atoms with E-state index < -0.39 is 0 Å². The van der Waals surface area contributed by atoms with Gasteiger partial charge in [-0.15, -0.1) is 12.4 Å². The largest absolute Gasteiger partial charge is 0.332 e. The molecule has 1 aliphatic rings. The van der Waals surface area contributed by atoms with E-state index in [1.54, 1.807) is 6.92 Å². The van der Waals surface area contributed by atoms with Gasteiger partial charge in [0.1, 0.15) is 5.69 Å².